The first-order chi connectivity index (χ1) is 11.4. The maximum absolute atomic E-state index is 12.0. The lowest BCUT2D eigenvalue weighted by molar-refractivity contribution is -0.355. The van der Waals surface area contributed by atoms with Gasteiger partial charge in [0, 0.05) is 17.8 Å². The van der Waals surface area contributed by atoms with Crippen molar-refractivity contribution in [3.8, 4) is 0 Å². The summed E-state index contributed by atoms with van der Waals surface area (Å²) in [6, 6.07) is 0. The van der Waals surface area contributed by atoms with Gasteiger partial charge in [0.15, 0.2) is 0 Å². The van der Waals surface area contributed by atoms with Gasteiger partial charge in [-0.05, 0) is 38.0 Å². The molecule has 0 aromatic carbocycles. The van der Waals surface area contributed by atoms with E-state index in [9.17, 15) is 19.8 Å². The molecule has 0 aromatic heterocycles. The molecule has 0 spiro atoms. The number of aliphatic hydroxyl groups excluding tert-OH is 1. The van der Waals surface area contributed by atoms with E-state index in [1.807, 2.05) is 27.7 Å². The van der Waals surface area contributed by atoms with Gasteiger partial charge in [-0.2, -0.15) is 0 Å². The van der Waals surface area contributed by atoms with Gasteiger partial charge < -0.3 is 19.7 Å². The lowest BCUT2D eigenvalue weighted by Crippen LogP contribution is -2.50. The van der Waals surface area contributed by atoms with Crippen molar-refractivity contribution in [2.45, 2.75) is 53.9 Å². The van der Waals surface area contributed by atoms with Crippen LogP contribution in [0.3, 0.4) is 0 Å². The van der Waals surface area contributed by atoms with Crippen LogP contribution in [0.1, 0.15) is 48.0 Å². The predicted octanol–water partition coefficient (Wildman–Crippen LogP) is 2.80. The number of ether oxygens (including phenoxy) is 2. The molecule has 0 heterocycles. The third-order valence-electron chi connectivity index (χ3n) is 4.18. The topological polar surface area (TPSA) is 93.1 Å². The van der Waals surface area contributed by atoms with Crippen LogP contribution in [-0.4, -0.2) is 34.7 Å². The average Bonchev–Trinajstić information content (AvgIpc) is 2.46. The van der Waals surface area contributed by atoms with Gasteiger partial charge in [-0.3, -0.25) is 0 Å². The molecular weight excluding hydrogens is 324 g/mol. The Hall–Kier alpha value is -1.66. The third-order valence-corrected chi connectivity index (χ3v) is 4.18. The summed E-state index contributed by atoms with van der Waals surface area (Å²) in [5.41, 5.74) is 0.129. The fourth-order valence-electron chi connectivity index (χ4n) is 2.34. The second-order valence-electron chi connectivity index (χ2n) is 7.24. The Labute approximate surface area is 150 Å². The van der Waals surface area contributed by atoms with Crippen LogP contribution in [0.25, 0.3) is 0 Å². The van der Waals surface area contributed by atoms with E-state index in [2.05, 4.69) is 13.2 Å². The fourth-order valence-corrected chi connectivity index (χ4v) is 2.34. The molecule has 0 saturated carbocycles. The molecule has 0 aromatic rings. The first-order valence-corrected chi connectivity index (χ1v) is 8.46. The largest absolute Gasteiger partial charge is 0.396 e. The van der Waals surface area contributed by atoms with Crippen molar-refractivity contribution < 1.29 is 29.3 Å². The Bertz CT molecular complexity index is 478. The van der Waals surface area contributed by atoms with Gasteiger partial charge >= 0.3 is 17.9 Å². The van der Waals surface area contributed by atoms with Crippen molar-refractivity contribution in [3.05, 3.63) is 24.3 Å². The molecular formula is C19H32O6. The van der Waals surface area contributed by atoms with E-state index in [1.165, 1.54) is 13.8 Å². The Morgan fingerprint density at radius 2 is 1.36 bits per heavy atom. The zero-order valence-corrected chi connectivity index (χ0v) is 16.2. The normalized spacial score (nSPS) is 14.2. The van der Waals surface area contributed by atoms with E-state index in [0.717, 1.165) is 0 Å². The van der Waals surface area contributed by atoms with Crippen molar-refractivity contribution in [2.75, 3.05) is 6.61 Å². The number of esters is 2. The van der Waals surface area contributed by atoms with Crippen LogP contribution in [0, 0.1) is 23.7 Å². The predicted molar refractivity (Wildman–Crippen MR) is 95.1 cm³/mol. The Morgan fingerprint density at radius 3 is 1.60 bits per heavy atom. The van der Waals surface area contributed by atoms with Crippen LogP contribution in [0.2, 0.25) is 0 Å². The zero-order valence-electron chi connectivity index (χ0n) is 16.2. The summed E-state index contributed by atoms with van der Waals surface area (Å²) < 4.78 is 10.2. The summed E-state index contributed by atoms with van der Waals surface area (Å²) in [6.07, 6.45) is 0.301. The number of hydrogen-bond acceptors (Lipinski definition) is 6. The van der Waals surface area contributed by atoms with Crippen LogP contribution in [0.15, 0.2) is 24.3 Å². The van der Waals surface area contributed by atoms with Crippen LogP contribution >= 0.6 is 0 Å². The number of carbonyl (C=O) groups is 2. The minimum atomic E-state index is -2.47. The average molecular weight is 356 g/mol. The Kier molecular flexibility index (Phi) is 9.08. The molecule has 0 bridgehead atoms. The molecule has 0 amide bonds. The van der Waals surface area contributed by atoms with Gasteiger partial charge in [0.2, 0.25) is 0 Å². The number of aliphatic hydroxyl groups is 2. The maximum Gasteiger partial charge on any atom is 0.376 e. The van der Waals surface area contributed by atoms with Crippen LogP contribution in [0.4, 0.5) is 0 Å². The molecule has 2 N–H and O–H groups in total. The number of hydrogen-bond donors (Lipinski definition) is 2. The van der Waals surface area contributed by atoms with Gasteiger partial charge in [-0.25, -0.2) is 9.59 Å². The highest BCUT2D eigenvalue weighted by molar-refractivity contribution is 5.88. The second kappa shape index (κ2) is 9.73. The van der Waals surface area contributed by atoms with Crippen molar-refractivity contribution >= 4 is 11.9 Å². The van der Waals surface area contributed by atoms with E-state index in [0.29, 0.717) is 6.42 Å². The highest BCUT2D eigenvalue weighted by Crippen LogP contribution is 2.36. The Morgan fingerprint density at radius 1 is 0.960 bits per heavy atom. The van der Waals surface area contributed by atoms with E-state index < -0.39 is 23.8 Å². The fraction of sp³-hybridized carbons (Fsp3) is 0.684. The molecule has 2 unspecified atom stereocenters. The quantitative estimate of drug-likeness (QED) is 0.355. The molecule has 6 heteroatoms. The molecule has 144 valence electrons. The SMILES string of the molecule is C=C(C)C(=O)OC(O)(OC(=O)C(=C)C)C(CC(CO)C(C)C)C(C)C. The summed E-state index contributed by atoms with van der Waals surface area (Å²) in [5, 5.41) is 20.6. The molecule has 2 atom stereocenters. The highest BCUT2D eigenvalue weighted by Gasteiger charge is 2.48. The molecule has 0 radical (unpaired) electrons. The summed E-state index contributed by atoms with van der Waals surface area (Å²) in [5.74, 6) is -5.18. The lowest BCUT2D eigenvalue weighted by Gasteiger charge is -2.38. The monoisotopic (exact) mass is 356 g/mol. The van der Waals surface area contributed by atoms with Gasteiger partial charge in [0.05, 0.1) is 5.92 Å². The molecule has 0 aliphatic rings. The molecule has 25 heavy (non-hydrogen) atoms. The molecule has 0 aliphatic heterocycles. The van der Waals surface area contributed by atoms with Crippen LogP contribution < -0.4 is 0 Å². The van der Waals surface area contributed by atoms with Crippen molar-refractivity contribution in [1.29, 1.82) is 0 Å². The van der Waals surface area contributed by atoms with Crippen molar-refractivity contribution in [3.63, 3.8) is 0 Å². The van der Waals surface area contributed by atoms with Gasteiger partial charge in [-0.1, -0.05) is 40.9 Å². The number of carbonyl (C=O) groups excluding carboxylic acids is 2. The maximum atomic E-state index is 12.0. The minimum Gasteiger partial charge on any atom is -0.396 e. The summed E-state index contributed by atoms with van der Waals surface area (Å²) in [4.78, 5) is 24.0. The molecule has 0 saturated heterocycles. The molecule has 6 nitrogen and oxygen atoms in total. The minimum absolute atomic E-state index is 0.0647. The van der Waals surface area contributed by atoms with Gasteiger partial charge in [-0.15, -0.1) is 0 Å². The zero-order chi connectivity index (χ0) is 19.9. The number of rotatable bonds is 10. The molecule has 0 rings (SSSR count). The summed E-state index contributed by atoms with van der Waals surface area (Å²) in [7, 11) is 0. The van der Waals surface area contributed by atoms with E-state index >= 15 is 0 Å². The molecule has 0 fully saturated rings. The van der Waals surface area contributed by atoms with Crippen molar-refractivity contribution in [2.24, 2.45) is 23.7 Å². The van der Waals surface area contributed by atoms with E-state index in [-0.39, 0.29) is 35.5 Å². The standard InChI is InChI=1S/C19H32O6/c1-11(2)15(10-20)9-16(12(3)4)19(23,24-17(21)13(5)6)25-18(22)14(7)8/h11-12,15-16,20,23H,5,7,9-10H2,1-4,6,8H3. The van der Waals surface area contributed by atoms with E-state index in [4.69, 9.17) is 9.47 Å². The summed E-state index contributed by atoms with van der Waals surface area (Å²) >= 11 is 0. The first-order valence-electron chi connectivity index (χ1n) is 8.46. The second-order valence-corrected chi connectivity index (χ2v) is 7.24. The summed E-state index contributed by atoms with van der Waals surface area (Å²) in [6.45, 7) is 17.2. The lowest BCUT2D eigenvalue weighted by atomic mass is 9.80. The first kappa shape index (κ1) is 23.3. The van der Waals surface area contributed by atoms with Crippen molar-refractivity contribution in [1.82, 2.24) is 0 Å². The van der Waals surface area contributed by atoms with Gasteiger partial charge in [0.1, 0.15) is 0 Å². The molecule has 0 aliphatic carbocycles. The van der Waals surface area contributed by atoms with Crippen LogP contribution in [-0.2, 0) is 19.1 Å². The van der Waals surface area contributed by atoms with Crippen LogP contribution in [0.5, 0.6) is 0 Å². The third kappa shape index (κ3) is 7.00. The smallest absolute Gasteiger partial charge is 0.376 e. The van der Waals surface area contributed by atoms with Gasteiger partial charge in [0.25, 0.3) is 0 Å². The Balaban J connectivity index is 5.82. The van der Waals surface area contributed by atoms with E-state index in [1.54, 1.807) is 0 Å². The highest BCUT2D eigenvalue weighted by atomic mass is 16.8.